The van der Waals surface area contributed by atoms with Gasteiger partial charge in [-0.05, 0) is 156 Å². The van der Waals surface area contributed by atoms with Gasteiger partial charge < -0.3 is 9.13 Å². The third-order valence-corrected chi connectivity index (χ3v) is 18.6. The molecule has 0 aliphatic heterocycles. The summed E-state index contributed by atoms with van der Waals surface area (Å²) in [6.45, 7) is 0. The minimum atomic E-state index is 0.0736. The van der Waals surface area contributed by atoms with Crippen molar-refractivity contribution in [3.05, 3.63) is 291 Å². The van der Waals surface area contributed by atoms with Gasteiger partial charge in [-0.25, -0.2) is 15.0 Å². The molecule has 0 aliphatic rings. The number of rotatable bonds is 10. The first kappa shape index (κ1) is 64.6. The lowest BCUT2D eigenvalue weighted by atomic mass is 9.91. The van der Waals surface area contributed by atoms with Crippen LogP contribution in [0.1, 0.15) is 72.3 Å². The lowest BCUT2D eigenvalue weighted by molar-refractivity contribution is 1.07. The molecule has 12 aromatic carbocycles. The molecule has 0 spiro atoms. The van der Waals surface area contributed by atoms with Gasteiger partial charge in [-0.15, -0.1) is 0 Å². The number of hydrogen-bond donors (Lipinski definition) is 0. The molecule has 0 saturated carbocycles. The highest BCUT2D eigenvalue weighted by molar-refractivity contribution is 6.14. The van der Waals surface area contributed by atoms with Crippen molar-refractivity contribution in [1.82, 2.24) is 24.1 Å². The number of hydrogen-bond acceptors (Lipinski definition) is 16. The van der Waals surface area contributed by atoms with Gasteiger partial charge in [-0.3, -0.25) is 0 Å². The van der Waals surface area contributed by atoms with Crippen LogP contribution in [-0.2, 0) is 0 Å². The lowest BCUT2D eigenvalue weighted by Crippen LogP contribution is -2.03. The third kappa shape index (κ3) is 10.8. The van der Waals surface area contributed by atoms with Crippen molar-refractivity contribution in [3.63, 3.8) is 0 Å². The Morgan fingerprint density at radius 1 is 0.217 bits per heavy atom. The molecule has 478 valence electrons. The van der Waals surface area contributed by atoms with E-state index in [1.54, 1.807) is 36.4 Å². The van der Waals surface area contributed by atoms with E-state index in [1.165, 1.54) is 48.5 Å². The van der Waals surface area contributed by atoms with Crippen molar-refractivity contribution in [3.8, 4) is 180 Å². The van der Waals surface area contributed by atoms with Crippen LogP contribution < -0.4 is 0 Å². The summed E-state index contributed by atoms with van der Waals surface area (Å²) in [6.07, 6.45) is 0. The standard InChI is InChI=1S/C88H36N18/c89-37-50-23-62(42-94)82(63(24-50)43-95)56-12-18-77-73(31-56)74-32-57(83-64(44-96)25-51(38-90)26-65(83)45-97)13-19-78(74)105(77)70-17-11-61(41-93)71(36-70)72-35-60(88-103-86(54-7-3-1-4-8-54)102-87(104-88)55-9-5-2-6-10-55)16-22-79(72)106-80-20-14-58(84-66(46-98)27-52(39-91)28-67(84)47-99)33-75(80)76-34-59(15-21-81(76)106)85-68(48-100)29-53(40-92)30-69(85)49-101/h1-36H. The predicted molar refractivity (Wildman–Crippen MR) is 393 cm³/mol. The smallest absolute Gasteiger partial charge is 0.164 e. The van der Waals surface area contributed by atoms with Crippen LogP contribution in [0.4, 0.5) is 0 Å². The second kappa shape index (κ2) is 26.5. The Bertz CT molecular complexity index is 6560. The van der Waals surface area contributed by atoms with E-state index in [2.05, 4.69) is 54.6 Å². The Hall–Kier alpha value is -17.4. The maximum atomic E-state index is 11.6. The highest BCUT2D eigenvalue weighted by atomic mass is 15.0. The molecule has 0 unspecified atom stereocenters. The first-order valence-electron chi connectivity index (χ1n) is 32.2. The number of benzene rings is 12. The van der Waals surface area contributed by atoms with Crippen molar-refractivity contribution in [2.45, 2.75) is 0 Å². The van der Waals surface area contributed by atoms with E-state index in [4.69, 9.17) is 15.0 Å². The minimum Gasteiger partial charge on any atom is -0.309 e. The SMILES string of the molecule is N#Cc1cc(C#N)c(-c2ccc3c(c2)c2cc(-c4c(C#N)cc(C#N)cc4C#N)ccc2n3-c2ccc(C#N)c(-c3cc(-c4nc(-c5ccccc5)nc(-c5ccccc5)n4)ccc3-n3c4ccc(-c5c(C#N)cc(C#N)cc5C#N)cc4c4cc(-c5c(C#N)cc(C#N)cc5C#N)ccc43)c2)c(C#N)c1. The molecule has 0 aliphatic carbocycles. The largest absolute Gasteiger partial charge is 0.309 e. The van der Waals surface area contributed by atoms with Gasteiger partial charge in [-0.2, -0.15) is 68.4 Å². The average molecular weight is 1350 g/mol. The zero-order valence-corrected chi connectivity index (χ0v) is 54.8. The van der Waals surface area contributed by atoms with Gasteiger partial charge in [0, 0.05) is 77.3 Å². The monoisotopic (exact) mass is 1340 g/mol. The molecule has 3 heterocycles. The molecular weight excluding hydrogens is 1310 g/mol. The summed E-state index contributed by atoms with van der Waals surface area (Å²) in [5.41, 5.74) is 10.4. The lowest BCUT2D eigenvalue weighted by Gasteiger charge is -2.18. The van der Waals surface area contributed by atoms with Crippen LogP contribution in [0.25, 0.3) is 145 Å². The van der Waals surface area contributed by atoms with Crippen LogP contribution in [0.15, 0.2) is 218 Å². The van der Waals surface area contributed by atoms with E-state index >= 15 is 0 Å². The molecule has 0 amide bonds. The molecule has 0 saturated heterocycles. The Morgan fingerprint density at radius 2 is 0.509 bits per heavy atom. The van der Waals surface area contributed by atoms with Crippen molar-refractivity contribution in [1.29, 1.82) is 68.4 Å². The van der Waals surface area contributed by atoms with E-state index in [0.29, 0.717) is 117 Å². The molecule has 0 N–H and O–H groups in total. The molecule has 0 fully saturated rings. The Labute approximate surface area is 603 Å². The molecule has 0 radical (unpaired) electrons. The summed E-state index contributed by atoms with van der Waals surface area (Å²) in [7, 11) is 0. The molecule has 18 nitrogen and oxygen atoms in total. The zero-order chi connectivity index (χ0) is 73.4. The first-order chi connectivity index (χ1) is 51.9. The molecule has 0 atom stereocenters. The van der Waals surface area contributed by atoms with Gasteiger partial charge in [0.15, 0.2) is 17.5 Å². The molecule has 3 aromatic heterocycles. The first-order valence-corrected chi connectivity index (χ1v) is 32.2. The maximum Gasteiger partial charge on any atom is 0.164 e. The van der Waals surface area contributed by atoms with Crippen LogP contribution in [0.2, 0.25) is 0 Å². The second-order valence-electron chi connectivity index (χ2n) is 24.3. The molecular formula is C88H36N18. The normalized spacial score (nSPS) is 10.5. The van der Waals surface area contributed by atoms with Crippen molar-refractivity contribution in [2.75, 3.05) is 0 Å². The van der Waals surface area contributed by atoms with E-state index in [1.807, 2.05) is 167 Å². The molecule has 106 heavy (non-hydrogen) atoms. The topological polar surface area (TPSA) is 358 Å². The molecule has 18 heteroatoms. The van der Waals surface area contributed by atoms with Crippen molar-refractivity contribution < 1.29 is 0 Å². The number of aromatic nitrogens is 5. The van der Waals surface area contributed by atoms with Crippen LogP contribution in [0.3, 0.4) is 0 Å². The van der Waals surface area contributed by atoms with Gasteiger partial charge in [0.1, 0.15) is 0 Å². The Kier molecular flexibility index (Phi) is 16.1. The maximum absolute atomic E-state index is 11.6. The predicted octanol–water partition coefficient (Wildman–Crippen LogP) is 17.7. The van der Waals surface area contributed by atoms with Gasteiger partial charge in [-0.1, -0.05) is 84.9 Å². The Balaban J connectivity index is 1.05. The third-order valence-electron chi connectivity index (χ3n) is 18.6. The summed E-state index contributed by atoms with van der Waals surface area (Å²) >= 11 is 0. The van der Waals surface area contributed by atoms with E-state index in [0.717, 1.165) is 0 Å². The van der Waals surface area contributed by atoms with Crippen LogP contribution in [0, 0.1) is 147 Å². The van der Waals surface area contributed by atoms with E-state index in [-0.39, 0.29) is 100 Å². The van der Waals surface area contributed by atoms with Gasteiger partial charge in [0.2, 0.25) is 0 Å². The fourth-order valence-corrected chi connectivity index (χ4v) is 14.0. The fourth-order valence-electron chi connectivity index (χ4n) is 14.0. The number of nitrogens with zero attached hydrogens (tertiary/aromatic N) is 18. The molecule has 15 rings (SSSR count). The number of nitriles is 13. The summed E-state index contributed by atoms with van der Waals surface area (Å²) in [6, 6.07) is 91.2. The van der Waals surface area contributed by atoms with Crippen LogP contribution in [0.5, 0.6) is 0 Å². The fraction of sp³-hybridized carbons (Fsp3) is 0. The average Bonchev–Trinajstić information content (AvgIpc) is 1.55. The van der Waals surface area contributed by atoms with Crippen molar-refractivity contribution in [2.24, 2.45) is 0 Å². The highest BCUT2D eigenvalue weighted by Crippen LogP contribution is 2.46. The van der Waals surface area contributed by atoms with Gasteiger partial charge in [0.05, 0.1) is 179 Å². The van der Waals surface area contributed by atoms with Crippen LogP contribution in [-0.4, -0.2) is 24.1 Å². The van der Waals surface area contributed by atoms with Crippen LogP contribution >= 0.6 is 0 Å². The van der Waals surface area contributed by atoms with Gasteiger partial charge >= 0.3 is 0 Å². The van der Waals surface area contributed by atoms with Crippen molar-refractivity contribution >= 4 is 43.6 Å². The van der Waals surface area contributed by atoms with E-state index in [9.17, 15) is 68.4 Å². The summed E-state index contributed by atoms with van der Waals surface area (Å²) < 4.78 is 3.98. The highest BCUT2D eigenvalue weighted by Gasteiger charge is 2.27. The second-order valence-corrected chi connectivity index (χ2v) is 24.3. The summed E-state index contributed by atoms with van der Waals surface area (Å²) in [5.74, 6) is 1.03. The molecule has 0 bridgehead atoms. The Morgan fingerprint density at radius 3 is 0.811 bits per heavy atom. The van der Waals surface area contributed by atoms with Gasteiger partial charge in [0.25, 0.3) is 0 Å². The molecule has 15 aromatic rings. The quantitative estimate of drug-likeness (QED) is 0.123. The van der Waals surface area contributed by atoms with E-state index < -0.39 is 0 Å². The minimum absolute atomic E-state index is 0.0736. The number of fused-ring (bicyclic) bond motifs is 6. The summed E-state index contributed by atoms with van der Waals surface area (Å²) in [4.78, 5) is 15.3. The summed E-state index contributed by atoms with van der Waals surface area (Å²) in [5, 5.41) is 139. The zero-order valence-electron chi connectivity index (χ0n) is 54.8.